The zero-order chi connectivity index (χ0) is 15.2. The Labute approximate surface area is 136 Å². The maximum atomic E-state index is 6.40. The molecule has 1 nitrogen and oxygen atoms in total. The van der Waals surface area contributed by atoms with Gasteiger partial charge < -0.3 is 4.74 Å². The largest absolute Gasteiger partial charge is 0.365 e. The molecule has 0 aromatic rings. The molecule has 1 heteroatoms. The summed E-state index contributed by atoms with van der Waals surface area (Å²) in [5.41, 5.74) is 1.53. The van der Waals surface area contributed by atoms with E-state index in [9.17, 15) is 0 Å². The summed E-state index contributed by atoms with van der Waals surface area (Å²) in [6, 6.07) is 0. The average Bonchev–Trinajstić information content (AvgIpc) is 3.13. The van der Waals surface area contributed by atoms with Gasteiger partial charge in [-0.3, -0.25) is 0 Å². The van der Waals surface area contributed by atoms with E-state index in [4.69, 9.17) is 4.74 Å². The number of hydrogen-bond acceptors (Lipinski definition) is 1. The van der Waals surface area contributed by atoms with Gasteiger partial charge in [0.15, 0.2) is 0 Å². The third kappa shape index (κ3) is 1.47. The fourth-order valence-electron chi connectivity index (χ4n) is 8.53. The molecule has 1 spiro atoms. The second-order valence-electron chi connectivity index (χ2n) is 9.95. The summed E-state index contributed by atoms with van der Waals surface area (Å²) in [7, 11) is 0. The topological polar surface area (TPSA) is 12.5 Å². The third-order valence-electron chi connectivity index (χ3n) is 9.74. The highest BCUT2D eigenvalue weighted by atomic mass is 16.6. The highest BCUT2D eigenvalue weighted by Gasteiger charge is 2.73. The first kappa shape index (κ1) is 14.3. The van der Waals surface area contributed by atoms with Crippen molar-refractivity contribution in [3.05, 3.63) is 0 Å². The van der Waals surface area contributed by atoms with Gasteiger partial charge in [-0.15, -0.1) is 0 Å². The first-order valence-electron chi connectivity index (χ1n) is 10.2. The van der Waals surface area contributed by atoms with Crippen LogP contribution in [0.2, 0.25) is 0 Å². The predicted molar refractivity (Wildman–Crippen MR) is 89.6 cm³/mol. The Balaban J connectivity index is 1.49. The molecule has 124 valence electrons. The minimum Gasteiger partial charge on any atom is -0.365 e. The molecule has 4 saturated carbocycles. The van der Waals surface area contributed by atoms with Crippen LogP contribution in [0, 0.1) is 34.5 Å². The molecule has 5 aliphatic rings. The van der Waals surface area contributed by atoms with E-state index in [1.165, 1.54) is 64.2 Å². The molecule has 0 amide bonds. The summed E-state index contributed by atoms with van der Waals surface area (Å²) in [4.78, 5) is 0. The Bertz CT molecular complexity index is 486. The minimum atomic E-state index is 0.336. The fourth-order valence-corrected chi connectivity index (χ4v) is 8.53. The molecule has 0 radical (unpaired) electrons. The van der Waals surface area contributed by atoms with Gasteiger partial charge in [0.25, 0.3) is 0 Å². The molecule has 0 bridgehead atoms. The first-order chi connectivity index (χ1) is 10.6. The summed E-state index contributed by atoms with van der Waals surface area (Å²) < 4.78 is 6.40. The van der Waals surface area contributed by atoms with Crippen LogP contribution < -0.4 is 0 Å². The summed E-state index contributed by atoms with van der Waals surface area (Å²) in [5, 5.41) is 0. The monoisotopic (exact) mass is 302 g/mol. The van der Waals surface area contributed by atoms with E-state index >= 15 is 0 Å². The van der Waals surface area contributed by atoms with E-state index in [-0.39, 0.29) is 0 Å². The van der Waals surface area contributed by atoms with Gasteiger partial charge in [0.2, 0.25) is 0 Å². The lowest BCUT2D eigenvalue weighted by Crippen LogP contribution is -2.57. The Morgan fingerprint density at radius 1 is 0.909 bits per heavy atom. The first-order valence-corrected chi connectivity index (χ1v) is 10.2. The van der Waals surface area contributed by atoms with Gasteiger partial charge in [0.1, 0.15) is 5.60 Å². The number of fused-ring (bicyclic) bond motifs is 4. The van der Waals surface area contributed by atoms with Crippen LogP contribution in [-0.2, 0) is 4.74 Å². The van der Waals surface area contributed by atoms with Crippen molar-refractivity contribution >= 4 is 0 Å². The van der Waals surface area contributed by atoms with Crippen molar-refractivity contribution in [2.24, 2.45) is 34.5 Å². The Morgan fingerprint density at radius 2 is 1.77 bits per heavy atom. The number of ether oxygens (including phenoxy) is 1. The van der Waals surface area contributed by atoms with E-state index in [2.05, 4.69) is 20.8 Å². The van der Waals surface area contributed by atoms with Crippen LogP contribution in [0.25, 0.3) is 0 Å². The van der Waals surface area contributed by atoms with Crippen molar-refractivity contribution in [2.45, 2.75) is 96.7 Å². The molecule has 8 atom stereocenters. The standard InChI is InChI=1S/C21H34O/c1-4-14-7-8-16-15-9-13-21-18(22-21)6-5-11-20(21,3)17(15)10-12-19(14,16)2/h14-18H,4-13H2,1-3H3/t14-,15-,16-,17-,18?,19+,20+,21?/m0/s1. The molecule has 0 N–H and O–H groups in total. The molecule has 0 aromatic carbocycles. The van der Waals surface area contributed by atoms with Crippen LogP contribution in [0.4, 0.5) is 0 Å². The van der Waals surface area contributed by atoms with Crippen LogP contribution in [-0.4, -0.2) is 11.7 Å². The molecule has 4 aliphatic carbocycles. The van der Waals surface area contributed by atoms with Crippen molar-refractivity contribution in [1.82, 2.24) is 0 Å². The third-order valence-corrected chi connectivity index (χ3v) is 9.74. The lowest BCUT2D eigenvalue weighted by atomic mass is 9.44. The minimum absolute atomic E-state index is 0.336. The van der Waals surface area contributed by atoms with E-state index in [1.807, 2.05) is 0 Å². The molecule has 5 fully saturated rings. The summed E-state index contributed by atoms with van der Waals surface area (Å²) in [5.74, 6) is 4.04. The van der Waals surface area contributed by atoms with Crippen LogP contribution >= 0.6 is 0 Å². The van der Waals surface area contributed by atoms with E-state index in [1.54, 1.807) is 0 Å². The number of epoxide rings is 1. The summed E-state index contributed by atoms with van der Waals surface area (Å²) >= 11 is 0. The van der Waals surface area contributed by atoms with E-state index < -0.39 is 0 Å². The van der Waals surface area contributed by atoms with Crippen LogP contribution in [0.1, 0.15) is 85.0 Å². The summed E-state index contributed by atoms with van der Waals surface area (Å²) in [6.07, 6.45) is 15.2. The molecule has 1 heterocycles. The Hall–Kier alpha value is -0.0400. The molecule has 22 heavy (non-hydrogen) atoms. The zero-order valence-electron chi connectivity index (χ0n) is 14.9. The quantitative estimate of drug-likeness (QED) is 0.576. The van der Waals surface area contributed by atoms with Gasteiger partial charge in [-0.05, 0) is 80.5 Å². The number of hydrogen-bond donors (Lipinski definition) is 0. The maximum Gasteiger partial charge on any atom is 0.100 e. The normalized spacial score (nSPS) is 62.6. The SMILES string of the molecule is CC[C@H]1CC[C@H]2[C@@H]3CCC45OC4CCC[C@]5(C)[C@H]3CC[C@]12C. The molecular formula is C21H34O. The van der Waals surface area contributed by atoms with E-state index in [0.29, 0.717) is 22.5 Å². The fraction of sp³-hybridized carbons (Fsp3) is 1.00. The highest BCUT2D eigenvalue weighted by molar-refractivity contribution is 5.22. The summed E-state index contributed by atoms with van der Waals surface area (Å²) in [6.45, 7) is 7.74. The van der Waals surface area contributed by atoms with Crippen LogP contribution in [0.15, 0.2) is 0 Å². The molecule has 1 aliphatic heterocycles. The smallest absolute Gasteiger partial charge is 0.100 e. The maximum absolute atomic E-state index is 6.40. The Morgan fingerprint density at radius 3 is 2.59 bits per heavy atom. The highest BCUT2D eigenvalue weighted by Crippen LogP contribution is 2.73. The molecule has 1 saturated heterocycles. The van der Waals surface area contributed by atoms with Gasteiger partial charge >= 0.3 is 0 Å². The van der Waals surface area contributed by atoms with Crippen molar-refractivity contribution in [1.29, 1.82) is 0 Å². The molecule has 2 unspecified atom stereocenters. The van der Waals surface area contributed by atoms with Gasteiger partial charge in [-0.2, -0.15) is 0 Å². The Kier molecular flexibility index (Phi) is 2.81. The average molecular weight is 303 g/mol. The molecular weight excluding hydrogens is 268 g/mol. The van der Waals surface area contributed by atoms with Crippen LogP contribution in [0.5, 0.6) is 0 Å². The lowest BCUT2D eigenvalue weighted by molar-refractivity contribution is -0.112. The van der Waals surface area contributed by atoms with Crippen molar-refractivity contribution in [3.63, 3.8) is 0 Å². The lowest BCUT2D eigenvalue weighted by Gasteiger charge is -2.59. The molecule has 5 rings (SSSR count). The van der Waals surface area contributed by atoms with Crippen LogP contribution in [0.3, 0.4) is 0 Å². The number of rotatable bonds is 1. The molecule has 0 aromatic heterocycles. The van der Waals surface area contributed by atoms with Crippen molar-refractivity contribution in [2.75, 3.05) is 0 Å². The predicted octanol–water partition coefficient (Wildman–Crippen LogP) is 5.58. The second kappa shape index (κ2) is 4.32. The second-order valence-corrected chi connectivity index (χ2v) is 9.95. The van der Waals surface area contributed by atoms with Gasteiger partial charge in [-0.1, -0.05) is 33.6 Å². The van der Waals surface area contributed by atoms with Crippen molar-refractivity contribution < 1.29 is 4.74 Å². The zero-order valence-corrected chi connectivity index (χ0v) is 14.9. The van der Waals surface area contributed by atoms with E-state index in [0.717, 1.165) is 23.7 Å². The van der Waals surface area contributed by atoms with Gasteiger partial charge in [0, 0.05) is 5.41 Å². The van der Waals surface area contributed by atoms with Gasteiger partial charge in [-0.25, -0.2) is 0 Å². The van der Waals surface area contributed by atoms with Crippen molar-refractivity contribution in [3.8, 4) is 0 Å². The van der Waals surface area contributed by atoms with Gasteiger partial charge in [0.05, 0.1) is 6.10 Å².